The van der Waals surface area contributed by atoms with Crippen molar-refractivity contribution in [1.29, 1.82) is 0 Å². The minimum Gasteiger partial charge on any atom is -0.321 e. The van der Waals surface area contributed by atoms with Crippen molar-refractivity contribution >= 4 is 38.9 Å². The molecule has 0 radical (unpaired) electrons. The van der Waals surface area contributed by atoms with Crippen LogP contribution >= 0.6 is 11.6 Å². The number of anilines is 1. The Balaban J connectivity index is 1.85. The van der Waals surface area contributed by atoms with Gasteiger partial charge in [-0.1, -0.05) is 29.8 Å². The standard InChI is InChI=1S/C23H28ClN3O3S/c1-15-7-5-6-8-19(15)23(28)25-20-9-10-21(16(2)22(20)24)31(29,30)26-17(3)18-11-13-27(4)14-12-18/h5-10,18H,11-14H2,1-4H3,(H,25,28)/b26-17-. The molecule has 31 heavy (non-hydrogen) atoms. The van der Waals surface area contributed by atoms with Gasteiger partial charge in [0.15, 0.2) is 0 Å². The number of nitrogens with zero attached hydrogens (tertiary/aromatic N) is 2. The second-order valence-corrected chi connectivity index (χ2v) is 10.1. The molecule has 1 saturated heterocycles. The van der Waals surface area contributed by atoms with Crippen molar-refractivity contribution in [3.8, 4) is 0 Å². The summed E-state index contributed by atoms with van der Waals surface area (Å²) in [5, 5.41) is 2.97. The summed E-state index contributed by atoms with van der Waals surface area (Å²) in [7, 11) is -1.84. The van der Waals surface area contributed by atoms with Gasteiger partial charge in [-0.2, -0.15) is 12.8 Å². The highest BCUT2D eigenvalue weighted by atomic mass is 35.5. The predicted octanol–water partition coefficient (Wildman–Crippen LogP) is 4.70. The van der Waals surface area contributed by atoms with Crippen LogP contribution in [0.2, 0.25) is 5.02 Å². The number of hydrogen-bond acceptors (Lipinski definition) is 4. The summed E-state index contributed by atoms with van der Waals surface area (Å²) in [5.41, 5.74) is 2.73. The Morgan fingerprint density at radius 3 is 2.42 bits per heavy atom. The molecule has 0 aliphatic carbocycles. The van der Waals surface area contributed by atoms with E-state index >= 15 is 0 Å². The zero-order valence-electron chi connectivity index (χ0n) is 18.3. The molecule has 2 aromatic rings. The molecule has 1 heterocycles. The molecule has 166 valence electrons. The van der Waals surface area contributed by atoms with Crippen molar-refractivity contribution in [2.24, 2.45) is 10.3 Å². The van der Waals surface area contributed by atoms with E-state index in [1.54, 1.807) is 26.0 Å². The van der Waals surface area contributed by atoms with Crippen LogP contribution in [0.3, 0.4) is 0 Å². The summed E-state index contributed by atoms with van der Waals surface area (Å²) in [6, 6.07) is 10.2. The van der Waals surface area contributed by atoms with E-state index < -0.39 is 10.0 Å². The SMILES string of the molecule is C/C(=N/S(=O)(=O)c1ccc(NC(=O)c2ccccc2C)c(Cl)c1C)C1CCN(C)CC1. The highest BCUT2D eigenvalue weighted by Gasteiger charge is 2.24. The molecule has 1 fully saturated rings. The molecule has 0 aromatic heterocycles. The van der Waals surface area contributed by atoms with Crippen molar-refractivity contribution in [1.82, 2.24) is 4.90 Å². The van der Waals surface area contributed by atoms with Crippen LogP contribution in [0.1, 0.15) is 41.3 Å². The van der Waals surface area contributed by atoms with Crippen LogP contribution < -0.4 is 5.32 Å². The average Bonchev–Trinajstić information content (AvgIpc) is 2.71. The molecular weight excluding hydrogens is 434 g/mol. The molecule has 0 bridgehead atoms. The zero-order chi connectivity index (χ0) is 22.8. The lowest BCUT2D eigenvalue weighted by molar-refractivity contribution is 0.102. The van der Waals surface area contributed by atoms with E-state index in [0.29, 0.717) is 22.5 Å². The van der Waals surface area contributed by atoms with Crippen LogP contribution in [0.4, 0.5) is 5.69 Å². The zero-order valence-corrected chi connectivity index (χ0v) is 19.8. The number of hydrogen-bond donors (Lipinski definition) is 1. The molecule has 1 amide bonds. The van der Waals surface area contributed by atoms with E-state index in [4.69, 9.17) is 11.6 Å². The number of halogens is 1. The minimum atomic E-state index is -3.90. The van der Waals surface area contributed by atoms with E-state index in [0.717, 1.165) is 31.5 Å². The molecular formula is C23H28ClN3O3S. The second kappa shape index (κ2) is 9.51. The third-order valence-corrected chi connectivity index (χ3v) is 7.84. The Kier molecular flexibility index (Phi) is 7.19. The van der Waals surface area contributed by atoms with Gasteiger partial charge >= 0.3 is 0 Å². The van der Waals surface area contributed by atoms with Crippen LogP contribution in [0, 0.1) is 19.8 Å². The molecule has 0 atom stereocenters. The van der Waals surface area contributed by atoms with E-state index in [2.05, 4.69) is 21.7 Å². The number of sulfonamides is 1. The lowest BCUT2D eigenvalue weighted by atomic mass is 9.93. The molecule has 2 aromatic carbocycles. The summed E-state index contributed by atoms with van der Waals surface area (Å²) in [6.07, 6.45) is 1.79. The molecule has 1 aliphatic rings. The largest absolute Gasteiger partial charge is 0.321 e. The van der Waals surface area contributed by atoms with Gasteiger partial charge in [0.05, 0.1) is 15.6 Å². The van der Waals surface area contributed by atoms with E-state index in [1.807, 2.05) is 19.1 Å². The molecule has 0 spiro atoms. The van der Waals surface area contributed by atoms with Crippen molar-refractivity contribution < 1.29 is 13.2 Å². The van der Waals surface area contributed by atoms with Crippen LogP contribution in [0.15, 0.2) is 45.7 Å². The van der Waals surface area contributed by atoms with Gasteiger partial charge in [0.1, 0.15) is 0 Å². The summed E-state index contributed by atoms with van der Waals surface area (Å²) in [5.74, 6) is -0.138. The summed E-state index contributed by atoms with van der Waals surface area (Å²) < 4.78 is 30.1. The summed E-state index contributed by atoms with van der Waals surface area (Å²) in [6.45, 7) is 7.11. The van der Waals surface area contributed by atoms with Crippen LogP contribution in [-0.4, -0.2) is 45.1 Å². The second-order valence-electron chi connectivity index (χ2n) is 8.10. The number of carbonyl (C=O) groups is 1. The maximum absolute atomic E-state index is 13.0. The number of likely N-dealkylation sites (tertiary alicyclic amines) is 1. The van der Waals surface area contributed by atoms with Crippen LogP contribution in [0.25, 0.3) is 0 Å². The first-order valence-electron chi connectivity index (χ1n) is 10.3. The third-order valence-electron chi connectivity index (χ3n) is 5.83. The van der Waals surface area contributed by atoms with E-state index in [9.17, 15) is 13.2 Å². The van der Waals surface area contributed by atoms with Gasteiger partial charge in [-0.25, -0.2) is 0 Å². The quantitative estimate of drug-likeness (QED) is 0.654. The number of carbonyl (C=O) groups excluding carboxylic acids is 1. The molecule has 8 heteroatoms. The van der Waals surface area contributed by atoms with Gasteiger partial charge in [0, 0.05) is 17.2 Å². The van der Waals surface area contributed by atoms with Gasteiger partial charge < -0.3 is 10.2 Å². The van der Waals surface area contributed by atoms with E-state index in [-0.39, 0.29) is 21.7 Å². The monoisotopic (exact) mass is 461 g/mol. The molecule has 1 N–H and O–H groups in total. The van der Waals surface area contributed by atoms with Gasteiger partial charge in [-0.15, -0.1) is 0 Å². The first-order chi connectivity index (χ1) is 14.6. The number of amides is 1. The average molecular weight is 462 g/mol. The Hall–Kier alpha value is -2.22. The number of nitrogens with one attached hydrogen (secondary N) is 1. The number of benzene rings is 2. The molecule has 6 nitrogen and oxygen atoms in total. The predicted molar refractivity (Wildman–Crippen MR) is 126 cm³/mol. The first kappa shape index (κ1) is 23.4. The van der Waals surface area contributed by atoms with E-state index in [1.165, 1.54) is 12.1 Å². The van der Waals surface area contributed by atoms with Gasteiger partial charge in [0.25, 0.3) is 15.9 Å². The molecule has 3 rings (SSSR count). The van der Waals surface area contributed by atoms with Crippen molar-refractivity contribution in [3.05, 3.63) is 58.1 Å². The topological polar surface area (TPSA) is 78.8 Å². The van der Waals surface area contributed by atoms with Crippen molar-refractivity contribution in [2.75, 3.05) is 25.5 Å². The Morgan fingerprint density at radius 2 is 1.77 bits per heavy atom. The third kappa shape index (κ3) is 5.34. The van der Waals surface area contributed by atoms with Crippen molar-refractivity contribution in [2.45, 2.75) is 38.5 Å². The number of piperidine rings is 1. The van der Waals surface area contributed by atoms with Crippen LogP contribution in [-0.2, 0) is 10.0 Å². The summed E-state index contributed by atoms with van der Waals surface area (Å²) >= 11 is 6.44. The number of rotatable bonds is 5. The molecule has 1 aliphatic heterocycles. The fourth-order valence-electron chi connectivity index (χ4n) is 3.80. The Bertz CT molecular complexity index is 1120. The van der Waals surface area contributed by atoms with Crippen LogP contribution in [0.5, 0.6) is 0 Å². The smallest absolute Gasteiger partial charge is 0.282 e. The Labute approximate surface area is 189 Å². The lowest BCUT2D eigenvalue weighted by Gasteiger charge is -2.28. The highest BCUT2D eigenvalue weighted by molar-refractivity contribution is 7.90. The summed E-state index contributed by atoms with van der Waals surface area (Å²) in [4.78, 5) is 14.9. The fourth-order valence-corrected chi connectivity index (χ4v) is 5.42. The normalized spacial score (nSPS) is 16.4. The molecule has 0 unspecified atom stereocenters. The Morgan fingerprint density at radius 1 is 1.13 bits per heavy atom. The molecule has 0 saturated carbocycles. The maximum atomic E-state index is 13.0. The first-order valence-corrected chi connectivity index (χ1v) is 12.1. The minimum absolute atomic E-state index is 0.0543. The highest BCUT2D eigenvalue weighted by Crippen LogP contribution is 2.32. The van der Waals surface area contributed by atoms with Crippen molar-refractivity contribution in [3.63, 3.8) is 0 Å². The maximum Gasteiger partial charge on any atom is 0.282 e. The van der Waals surface area contributed by atoms with Gasteiger partial charge in [-0.05, 0) is 83.1 Å². The van der Waals surface area contributed by atoms with Gasteiger partial charge in [-0.3, -0.25) is 4.79 Å². The lowest BCUT2D eigenvalue weighted by Crippen LogP contribution is -2.33. The number of aryl methyl sites for hydroxylation is 1. The van der Waals surface area contributed by atoms with Gasteiger partial charge in [0.2, 0.25) is 0 Å². The fraction of sp³-hybridized carbons (Fsp3) is 0.391.